The minimum atomic E-state index is 0.255. The maximum Gasteiger partial charge on any atom is 0.119 e. The van der Waals surface area contributed by atoms with Gasteiger partial charge in [0.05, 0.1) is 0 Å². The van der Waals surface area contributed by atoms with E-state index < -0.39 is 0 Å². The molecular weight excluding hydrogens is 434 g/mol. The van der Waals surface area contributed by atoms with E-state index in [2.05, 4.69) is 49.1 Å². The van der Waals surface area contributed by atoms with Crippen LogP contribution < -0.4 is 4.74 Å². The van der Waals surface area contributed by atoms with Crippen LogP contribution >= 0.6 is 0 Å². The normalized spacial score (nSPS) is 15.5. The Hall–Kier alpha value is -3.50. The van der Waals surface area contributed by atoms with Crippen molar-refractivity contribution in [3.8, 4) is 28.4 Å². The first-order valence-electron chi connectivity index (χ1n) is 12.4. The number of ether oxygens (including phenoxy) is 1. The summed E-state index contributed by atoms with van der Waals surface area (Å²) >= 11 is 0. The van der Waals surface area contributed by atoms with Crippen molar-refractivity contribution >= 4 is 10.8 Å². The molecule has 0 spiro atoms. The summed E-state index contributed by atoms with van der Waals surface area (Å²) in [7, 11) is 0. The fourth-order valence-electron chi connectivity index (χ4n) is 5.24. The Morgan fingerprint density at radius 1 is 0.857 bits per heavy atom. The third kappa shape index (κ3) is 5.13. The van der Waals surface area contributed by atoms with E-state index in [0.717, 1.165) is 47.2 Å². The Morgan fingerprint density at radius 2 is 1.60 bits per heavy atom. The number of phenols is 2. The number of fused-ring (bicyclic) bond motifs is 1. The van der Waals surface area contributed by atoms with Crippen LogP contribution in [0.3, 0.4) is 0 Å². The molecule has 4 heteroatoms. The number of aromatic hydroxyl groups is 2. The lowest BCUT2D eigenvalue weighted by Crippen LogP contribution is -2.40. The molecule has 0 saturated carbocycles. The van der Waals surface area contributed by atoms with Crippen molar-refractivity contribution in [3.05, 3.63) is 90.0 Å². The van der Waals surface area contributed by atoms with Gasteiger partial charge in [0, 0.05) is 12.1 Å². The van der Waals surface area contributed by atoms with Crippen LogP contribution in [0.15, 0.2) is 78.9 Å². The number of phenolic OH excluding ortho intramolecular Hbond substituents is 2. The van der Waals surface area contributed by atoms with Gasteiger partial charge in [-0.1, -0.05) is 42.5 Å². The zero-order valence-corrected chi connectivity index (χ0v) is 20.5. The minimum Gasteiger partial charge on any atom is -0.508 e. The van der Waals surface area contributed by atoms with Crippen molar-refractivity contribution in [2.24, 2.45) is 0 Å². The second kappa shape index (κ2) is 9.63. The van der Waals surface area contributed by atoms with Crippen molar-refractivity contribution in [1.29, 1.82) is 0 Å². The van der Waals surface area contributed by atoms with Gasteiger partial charge in [-0.2, -0.15) is 0 Å². The van der Waals surface area contributed by atoms with Crippen LogP contribution in [-0.2, 0) is 6.42 Å². The predicted molar refractivity (Wildman–Crippen MR) is 142 cm³/mol. The zero-order valence-electron chi connectivity index (χ0n) is 20.5. The van der Waals surface area contributed by atoms with Crippen LogP contribution in [0.5, 0.6) is 17.2 Å². The van der Waals surface area contributed by atoms with E-state index in [-0.39, 0.29) is 17.0 Å². The van der Waals surface area contributed by atoms with Gasteiger partial charge in [0.1, 0.15) is 23.9 Å². The van der Waals surface area contributed by atoms with E-state index in [1.165, 1.54) is 24.0 Å². The molecule has 0 atom stereocenters. The van der Waals surface area contributed by atoms with Crippen LogP contribution in [0.1, 0.15) is 37.8 Å². The lowest BCUT2D eigenvalue weighted by atomic mass is 9.90. The van der Waals surface area contributed by atoms with E-state index in [1.807, 2.05) is 24.3 Å². The molecule has 0 amide bonds. The highest BCUT2D eigenvalue weighted by atomic mass is 16.5. The molecule has 1 saturated heterocycles. The van der Waals surface area contributed by atoms with Crippen molar-refractivity contribution < 1.29 is 14.9 Å². The van der Waals surface area contributed by atoms with Gasteiger partial charge in [-0.25, -0.2) is 0 Å². The van der Waals surface area contributed by atoms with Gasteiger partial charge >= 0.3 is 0 Å². The topological polar surface area (TPSA) is 52.9 Å². The van der Waals surface area contributed by atoms with Crippen molar-refractivity contribution in [3.63, 3.8) is 0 Å². The molecule has 0 bridgehead atoms. The molecule has 1 heterocycles. The third-order valence-corrected chi connectivity index (χ3v) is 7.30. The Labute approximate surface area is 207 Å². The average Bonchev–Trinajstić information content (AvgIpc) is 3.18. The van der Waals surface area contributed by atoms with Crippen molar-refractivity contribution in [2.75, 3.05) is 19.7 Å². The molecule has 0 aliphatic carbocycles. The van der Waals surface area contributed by atoms with Crippen LogP contribution in [0, 0.1) is 0 Å². The lowest BCUT2D eigenvalue weighted by molar-refractivity contribution is 0.143. The molecule has 5 rings (SSSR count). The molecule has 1 fully saturated rings. The fourth-order valence-corrected chi connectivity index (χ4v) is 5.24. The molecule has 4 aromatic carbocycles. The highest BCUT2D eigenvalue weighted by molar-refractivity contribution is 5.93. The number of nitrogens with zero attached hydrogens (tertiary/aromatic N) is 1. The summed E-state index contributed by atoms with van der Waals surface area (Å²) in [6.07, 6.45) is 3.27. The summed E-state index contributed by atoms with van der Waals surface area (Å²) in [6, 6.07) is 25.4. The van der Waals surface area contributed by atoms with E-state index in [0.29, 0.717) is 6.61 Å². The monoisotopic (exact) mass is 467 g/mol. The van der Waals surface area contributed by atoms with E-state index in [1.54, 1.807) is 24.3 Å². The Kier molecular flexibility index (Phi) is 6.40. The molecule has 1 aliphatic heterocycles. The summed E-state index contributed by atoms with van der Waals surface area (Å²) in [5.41, 5.74) is 4.84. The zero-order chi connectivity index (χ0) is 24.4. The Balaban J connectivity index is 1.36. The predicted octanol–water partition coefficient (Wildman–Crippen LogP) is 6.76. The Morgan fingerprint density at radius 3 is 2.31 bits per heavy atom. The average molecular weight is 468 g/mol. The molecule has 0 radical (unpaired) electrons. The number of hydrogen-bond acceptors (Lipinski definition) is 4. The number of rotatable bonds is 7. The van der Waals surface area contributed by atoms with E-state index >= 15 is 0 Å². The van der Waals surface area contributed by atoms with E-state index in [4.69, 9.17) is 4.74 Å². The molecule has 2 N–H and O–H groups in total. The van der Waals surface area contributed by atoms with Gasteiger partial charge in [-0.3, -0.25) is 4.90 Å². The summed E-state index contributed by atoms with van der Waals surface area (Å²) in [5.74, 6) is 1.41. The third-order valence-electron chi connectivity index (χ3n) is 7.30. The first kappa shape index (κ1) is 23.3. The smallest absolute Gasteiger partial charge is 0.119 e. The highest BCUT2D eigenvalue weighted by Crippen LogP contribution is 2.34. The molecular formula is C31H33NO3. The molecule has 4 aromatic rings. The van der Waals surface area contributed by atoms with Gasteiger partial charge in [0.2, 0.25) is 0 Å². The van der Waals surface area contributed by atoms with Crippen LogP contribution in [0.4, 0.5) is 0 Å². The number of likely N-dealkylation sites (tertiary alicyclic amines) is 1. The Bertz CT molecular complexity index is 1310. The van der Waals surface area contributed by atoms with Gasteiger partial charge in [0.15, 0.2) is 0 Å². The van der Waals surface area contributed by atoms with Gasteiger partial charge in [-0.05, 0) is 109 Å². The summed E-state index contributed by atoms with van der Waals surface area (Å²) in [6.45, 7) is 7.43. The van der Waals surface area contributed by atoms with Crippen LogP contribution in [-0.4, -0.2) is 40.3 Å². The standard InChI is InChI=1S/C31H33NO3/c1-31(2)16-3-17-32(31)18-19-35-27-12-4-22(5-13-27)20-30-28(23-6-9-25(33)10-7-23)14-8-24-21-26(34)11-15-29(24)30/h4-15,21,33-34H,3,16-20H2,1-2H3. The van der Waals surface area contributed by atoms with Crippen LogP contribution in [0.25, 0.3) is 21.9 Å². The quantitative estimate of drug-likeness (QED) is 0.315. The molecule has 1 aliphatic rings. The van der Waals surface area contributed by atoms with Crippen molar-refractivity contribution in [1.82, 2.24) is 4.90 Å². The summed E-state index contributed by atoms with van der Waals surface area (Å²) < 4.78 is 6.06. The van der Waals surface area contributed by atoms with E-state index in [9.17, 15) is 10.2 Å². The maximum atomic E-state index is 9.98. The van der Waals surface area contributed by atoms with Gasteiger partial charge in [-0.15, -0.1) is 0 Å². The molecule has 35 heavy (non-hydrogen) atoms. The summed E-state index contributed by atoms with van der Waals surface area (Å²) in [5, 5.41) is 21.8. The van der Waals surface area contributed by atoms with Gasteiger partial charge in [0.25, 0.3) is 0 Å². The summed E-state index contributed by atoms with van der Waals surface area (Å²) in [4.78, 5) is 2.52. The fraction of sp³-hybridized carbons (Fsp3) is 0.290. The number of hydrogen-bond donors (Lipinski definition) is 2. The second-order valence-corrected chi connectivity index (χ2v) is 10.1. The molecule has 4 nitrogen and oxygen atoms in total. The van der Waals surface area contributed by atoms with Gasteiger partial charge < -0.3 is 14.9 Å². The molecule has 0 unspecified atom stereocenters. The first-order chi connectivity index (χ1) is 16.9. The number of benzene rings is 4. The molecule has 0 aromatic heterocycles. The lowest BCUT2D eigenvalue weighted by Gasteiger charge is -2.31. The minimum absolute atomic E-state index is 0.255. The van der Waals surface area contributed by atoms with Crippen molar-refractivity contribution in [2.45, 2.75) is 38.6 Å². The van der Waals surface area contributed by atoms with Crippen LogP contribution in [0.2, 0.25) is 0 Å². The first-order valence-corrected chi connectivity index (χ1v) is 12.4. The maximum absolute atomic E-state index is 9.98. The molecule has 180 valence electrons. The highest BCUT2D eigenvalue weighted by Gasteiger charge is 2.31. The largest absolute Gasteiger partial charge is 0.508 e. The SMILES string of the molecule is CC1(C)CCCN1CCOc1ccc(Cc2c(-c3ccc(O)cc3)ccc3cc(O)ccc23)cc1. The second-order valence-electron chi connectivity index (χ2n) is 10.1.